The van der Waals surface area contributed by atoms with Crippen molar-refractivity contribution in [3.63, 3.8) is 0 Å². The van der Waals surface area contributed by atoms with Crippen LogP contribution in [0.4, 0.5) is 0 Å². The molecule has 0 bridgehead atoms. The fourth-order valence-electron chi connectivity index (χ4n) is 3.97. The Balaban J connectivity index is 1.43. The topological polar surface area (TPSA) is 50.4 Å². The Morgan fingerprint density at radius 1 is 1.21 bits per heavy atom. The zero-order valence-corrected chi connectivity index (χ0v) is 11.2. The van der Waals surface area contributed by atoms with Crippen LogP contribution < -0.4 is 11.1 Å². The van der Waals surface area contributed by atoms with Crippen LogP contribution in [0.25, 0.3) is 0 Å². The quantitative estimate of drug-likeness (QED) is 0.628. The molecule has 3 unspecified atom stereocenters. The number of aliphatic imine (C=N–C) groups is 1. The van der Waals surface area contributed by atoms with Gasteiger partial charge < -0.3 is 11.1 Å². The van der Waals surface area contributed by atoms with Crippen molar-refractivity contribution in [2.75, 3.05) is 0 Å². The van der Waals surface area contributed by atoms with Crippen LogP contribution in [0.15, 0.2) is 29.3 Å². The highest BCUT2D eigenvalue weighted by Gasteiger charge is 2.55. The molecule has 0 aliphatic heterocycles. The van der Waals surface area contributed by atoms with Gasteiger partial charge in [-0.05, 0) is 36.3 Å². The van der Waals surface area contributed by atoms with Crippen molar-refractivity contribution >= 4 is 5.96 Å². The van der Waals surface area contributed by atoms with Gasteiger partial charge in [0.05, 0.1) is 6.04 Å². The van der Waals surface area contributed by atoms with Gasteiger partial charge in [-0.15, -0.1) is 0 Å². The highest BCUT2D eigenvalue weighted by atomic mass is 15.1. The minimum atomic E-state index is 0.434. The van der Waals surface area contributed by atoms with Gasteiger partial charge in [0.15, 0.2) is 5.96 Å². The van der Waals surface area contributed by atoms with Gasteiger partial charge in [-0.1, -0.05) is 37.1 Å². The van der Waals surface area contributed by atoms with E-state index in [0.29, 0.717) is 29.9 Å². The maximum absolute atomic E-state index is 6.06. The van der Waals surface area contributed by atoms with Crippen LogP contribution in [-0.4, -0.2) is 18.0 Å². The maximum Gasteiger partial charge on any atom is 0.189 e. The third-order valence-corrected chi connectivity index (χ3v) is 4.99. The smallest absolute Gasteiger partial charge is 0.189 e. The van der Waals surface area contributed by atoms with E-state index in [-0.39, 0.29) is 0 Å². The summed E-state index contributed by atoms with van der Waals surface area (Å²) in [6, 6.07) is 9.79. The standard InChI is InChI=1S/C16H21N3/c17-16(18-11-6-2-3-7-11)19-15-13-9-10-5-1-4-8-12(10)14(13)15/h1,4-5,8,11,13-15H,2-3,6-7,9H2,(H3,17,18,19). The molecule has 3 atom stereocenters. The summed E-state index contributed by atoms with van der Waals surface area (Å²) in [6.45, 7) is 0. The highest BCUT2D eigenvalue weighted by molar-refractivity contribution is 5.79. The summed E-state index contributed by atoms with van der Waals surface area (Å²) in [4.78, 5) is 4.72. The minimum absolute atomic E-state index is 0.434. The number of hydrogen-bond donors (Lipinski definition) is 2. The summed E-state index contributed by atoms with van der Waals surface area (Å²) in [6.07, 6.45) is 6.33. The average molecular weight is 255 g/mol. The molecule has 0 spiro atoms. The molecule has 0 saturated heterocycles. The van der Waals surface area contributed by atoms with Gasteiger partial charge in [0.25, 0.3) is 0 Å². The molecule has 2 fully saturated rings. The van der Waals surface area contributed by atoms with Crippen LogP contribution in [0, 0.1) is 5.92 Å². The van der Waals surface area contributed by atoms with Crippen LogP contribution in [0.5, 0.6) is 0 Å². The highest BCUT2D eigenvalue weighted by Crippen LogP contribution is 2.58. The van der Waals surface area contributed by atoms with E-state index in [1.807, 2.05) is 0 Å². The van der Waals surface area contributed by atoms with Crippen molar-refractivity contribution in [2.24, 2.45) is 16.6 Å². The van der Waals surface area contributed by atoms with Crippen LogP contribution in [0.1, 0.15) is 42.7 Å². The van der Waals surface area contributed by atoms with Crippen LogP contribution >= 0.6 is 0 Å². The second-order valence-corrected chi connectivity index (χ2v) is 6.22. The predicted molar refractivity (Wildman–Crippen MR) is 77.2 cm³/mol. The molecule has 0 amide bonds. The van der Waals surface area contributed by atoms with E-state index in [1.165, 1.54) is 43.2 Å². The first-order valence-corrected chi connectivity index (χ1v) is 7.50. The number of nitrogens with one attached hydrogen (secondary N) is 1. The van der Waals surface area contributed by atoms with Crippen molar-refractivity contribution < 1.29 is 0 Å². The lowest BCUT2D eigenvalue weighted by Gasteiger charge is -2.12. The van der Waals surface area contributed by atoms with Crippen molar-refractivity contribution in [1.29, 1.82) is 0 Å². The lowest BCUT2D eigenvalue weighted by Crippen LogP contribution is -2.38. The second kappa shape index (κ2) is 4.26. The second-order valence-electron chi connectivity index (χ2n) is 6.22. The molecular weight excluding hydrogens is 234 g/mol. The number of benzene rings is 1. The largest absolute Gasteiger partial charge is 0.370 e. The van der Waals surface area contributed by atoms with Gasteiger partial charge in [0.2, 0.25) is 0 Å². The number of nitrogens with zero attached hydrogens (tertiary/aromatic N) is 1. The maximum atomic E-state index is 6.06. The minimum Gasteiger partial charge on any atom is -0.370 e. The van der Waals surface area contributed by atoms with Gasteiger partial charge in [0.1, 0.15) is 0 Å². The van der Waals surface area contributed by atoms with Gasteiger partial charge in [0, 0.05) is 12.0 Å². The van der Waals surface area contributed by atoms with Crippen molar-refractivity contribution in [3.05, 3.63) is 35.4 Å². The summed E-state index contributed by atoms with van der Waals surface area (Å²) < 4.78 is 0. The number of rotatable bonds is 2. The molecule has 2 saturated carbocycles. The summed E-state index contributed by atoms with van der Waals surface area (Å²) >= 11 is 0. The first kappa shape index (κ1) is 11.3. The third-order valence-electron chi connectivity index (χ3n) is 4.99. The Labute approximate surface area is 114 Å². The molecule has 100 valence electrons. The van der Waals surface area contributed by atoms with E-state index >= 15 is 0 Å². The molecule has 3 aliphatic carbocycles. The molecule has 1 aromatic carbocycles. The number of nitrogens with two attached hydrogens (primary N) is 1. The van der Waals surface area contributed by atoms with E-state index in [4.69, 9.17) is 10.7 Å². The zero-order valence-electron chi connectivity index (χ0n) is 11.2. The first-order chi connectivity index (χ1) is 9.33. The van der Waals surface area contributed by atoms with Gasteiger partial charge in [-0.3, -0.25) is 0 Å². The van der Waals surface area contributed by atoms with Crippen LogP contribution in [0.2, 0.25) is 0 Å². The molecule has 0 heterocycles. The molecule has 3 aliphatic rings. The molecule has 19 heavy (non-hydrogen) atoms. The molecular formula is C16H21N3. The van der Waals surface area contributed by atoms with E-state index in [9.17, 15) is 0 Å². The fraction of sp³-hybridized carbons (Fsp3) is 0.562. The SMILES string of the molecule is NC(=NC1C2Cc3ccccc3C21)NC1CCCC1. The summed E-state index contributed by atoms with van der Waals surface area (Å²) in [5.41, 5.74) is 9.09. The van der Waals surface area contributed by atoms with E-state index < -0.39 is 0 Å². The molecule has 0 radical (unpaired) electrons. The Hall–Kier alpha value is -1.51. The molecule has 4 rings (SSSR count). The molecule has 3 heteroatoms. The van der Waals surface area contributed by atoms with E-state index in [1.54, 1.807) is 0 Å². The molecule has 3 N–H and O–H groups in total. The van der Waals surface area contributed by atoms with Crippen molar-refractivity contribution in [2.45, 2.75) is 50.1 Å². The Bertz CT molecular complexity index is 516. The Morgan fingerprint density at radius 3 is 2.84 bits per heavy atom. The number of guanidine groups is 1. The summed E-state index contributed by atoms with van der Waals surface area (Å²) in [5, 5.41) is 3.39. The van der Waals surface area contributed by atoms with E-state index in [0.717, 1.165) is 0 Å². The lowest BCUT2D eigenvalue weighted by molar-refractivity contribution is 0.623. The average Bonchev–Trinajstić information content (AvgIpc) is 2.84. The monoisotopic (exact) mass is 255 g/mol. The normalized spacial score (nSPS) is 33.1. The van der Waals surface area contributed by atoms with Gasteiger partial charge in [-0.25, -0.2) is 4.99 Å². The van der Waals surface area contributed by atoms with Gasteiger partial charge in [-0.2, -0.15) is 0 Å². The van der Waals surface area contributed by atoms with Gasteiger partial charge >= 0.3 is 0 Å². The Morgan fingerprint density at radius 2 is 2.00 bits per heavy atom. The number of hydrogen-bond acceptors (Lipinski definition) is 1. The zero-order chi connectivity index (χ0) is 12.8. The van der Waals surface area contributed by atoms with Crippen molar-refractivity contribution in [3.8, 4) is 0 Å². The third kappa shape index (κ3) is 1.92. The summed E-state index contributed by atoms with van der Waals surface area (Å²) in [5.74, 6) is 2.02. The number of fused-ring (bicyclic) bond motifs is 3. The summed E-state index contributed by atoms with van der Waals surface area (Å²) in [7, 11) is 0. The molecule has 1 aromatic rings. The van der Waals surface area contributed by atoms with Crippen LogP contribution in [-0.2, 0) is 6.42 Å². The lowest BCUT2D eigenvalue weighted by atomic mass is 10.1. The Kier molecular flexibility index (Phi) is 2.54. The predicted octanol–water partition coefficient (Wildman–Crippen LogP) is 2.17. The van der Waals surface area contributed by atoms with E-state index in [2.05, 4.69) is 29.6 Å². The van der Waals surface area contributed by atoms with Crippen LogP contribution in [0.3, 0.4) is 0 Å². The molecule has 3 nitrogen and oxygen atoms in total. The fourth-order valence-corrected chi connectivity index (χ4v) is 3.97. The van der Waals surface area contributed by atoms with Crippen molar-refractivity contribution in [1.82, 2.24) is 5.32 Å². The first-order valence-electron chi connectivity index (χ1n) is 7.50. The molecule has 0 aromatic heterocycles.